The van der Waals surface area contributed by atoms with Gasteiger partial charge in [0, 0.05) is 5.56 Å². The second-order valence-electron chi connectivity index (χ2n) is 3.47. The van der Waals surface area contributed by atoms with Crippen molar-refractivity contribution in [3.63, 3.8) is 0 Å². The van der Waals surface area contributed by atoms with Gasteiger partial charge in [-0.25, -0.2) is 0 Å². The molecule has 1 heterocycles. The van der Waals surface area contributed by atoms with Crippen molar-refractivity contribution in [1.29, 1.82) is 0 Å². The van der Waals surface area contributed by atoms with E-state index in [-0.39, 0.29) is 13.0 Å². The van der Waals surface area contributed by atoms with Gasteiger partial charge < -0.3 is 0 Å². The van der Waals surface area contributed by atoms with Crippen LogP contribution in [0, 0.1) is 0 Å². The van der Waals surface area contributed by atoms with Gasteiger partial charge in [-0.1, -0.05) is 18.2 Å². The zero-order chi connectivity index (χ0) is 11.7. The highest BCUT2D eigenvalue weighted by molar-refractivity contribution is 6.64. The molecule has 0 fully saturated rings. The number of nitrogens with zero attached hydrogens (tertiary/aromatic N) is 1. The quantitative estimate of drug-likeness (QED) is 0.569. The Morgan fingerprint density at radius 1 is 1.31 bits per heavy atom. The second kappa shape index (κ2) is 4.06. The predicted octanol–water partition coefficient (Wildman–Crippen LogP) is 0.977. The molecule has 0 radical (unpaired) electrons. The Kier molecular flexibility index (Phi) is 2.75. The molecule has 1 aliphatic heterocycles. The number of hydrogen-bond donors (Lipinski definition) is 0. The van der Waals surface area contributed by atoms with E-state index in [9.17, 15) is 14.4 Å². The maximum absolute atomic E-state index is 11.9. The summed E-state index contributed by atoms with van der Waals surface area (Å²) in [6.07, 6.45) is 0.131. The average molecular weight is 238 g/mol. The highest BCUT2D eigenvalue weighted by atomic mass is 35.5. The van der Waals surface area contributed by atoms with E-state index in [2.05, 4.69) is 0 Å². The van der Waals surface area contributed by atoms with Crippen LogP contribution in [0.25, 0.3) is 0 Å². The van der Waals surface area contributed by atoms with Crippen molar-refractivity contribution < 1.29 is 14.4 Å². The van der Waals surface area contributed by atoms with Crippen LogP contribution in [0.3, 0.4) is 0 Å². The van der Waals surface area contributed by atoms with Crippen LogP contribution in [0.5, 0.6) is 0 Å². The summed E-state index contributed by atoms with van der Waals surface area (Å²) < 4.78 is 0. The number of carbonyl (C=O) groups excluding carboxylic acids is 3. The Labute approximate surface area is 96.8 Å². The standard InChI is InChI=1S/C11H8ClNO3/c12-9(14)6-13-10(15)5-7-3-1-2-4-8(7)11(13)16/h1-4H,5-6H2. The van der Waals surface area contributed by atoms with Gasteiger partial charge in [0.2, 0.25) is 11.1 Å². The van der Waals surface area contributed by atoms with Crippen molar-refractivity contribution in [2.75, 3.05) is 6.54 Å². The summed E-state index contributed by atoms with van der Waals surface area (Å²) in [4.78, 5) is 35.1. The molecule has 0 saturated heterocycles. The fourth-order valence-electron chi connectivity index (χ4n) is 1.68. The lowest BCUT2D eigenvalue weighted by Crippen LogP contribution is -2.44. The van der Waals surface area contributed by atoms with Gasteiger partial charge >= 0.3 is 0 Å². The number of carbonyl (C=O) groups is 3. The summed E-state index contributed by atoms with van der Waals surface area (Å²) in [6.45, 7) is -0.368. The van der Waals surface area contributed by atoms with Gasteiger partial charge in [-0.15, -0.1) is 0 Å². The van der Waals surface area contributed by atoms with Crippen LogP contribution in [0.15, 0.2) is 24.3 Å². The molecule has 0 N–H and O–H groups in total. The predicted molar refractivity (Wildman–Crippen MR) is 57.0 cm³/mol. The maximum atomic E-state index is 11.9. The number of halogens is 1. The molecule has 82 valence electrons. The molecule has 16 heavy (non-hydrogen) atoms. The molecule has 2 amide bonds. The third-order valence-corrected chi connectivity index (χ3v) is 2.54. The third kappa shape index (κ3) is 1.84. The van der Waals surface area contributed by atoms with Gasteiger partial charge in [0.1, 0.15) is 6.54 Å². The summed E-state index contributed by atoms with van der Waals surface area (Å²) >= 11 is 5.18. The molecular weight excluding hydrogens is 230 g/mol. The number of amides is 2. The van der Waals surface area contributed by atoms with Gasteiger partial charge in [-0.3, -0.25) is 19.3 Å². The monoisotopic (exact) mass is 237 g/mol. The van der Waals surface area contributed by atoms with Gasteiger partial charge in [0.25, 0.3) is 5.91 Å². The Balaban J connectivity index is 2.38. The first kappa shape index (κ1) is 10.8. The van der Waals surface area contributed by atoms with E-state index < -0.39 is 17.1 Å². The molecule has 0 unspecified atom stereocenters. The lowest BCUT2D eigenvalue weighted by Gasteiger charge is -2.25. The van der Waals surface area contributed by atoms with E-state index >= 15 is 0 Å². The first-order valence-electron chi connectivity index (χ1n) is 4.70. The first-order chi connectivity index (χ1) is 7.59. The molecule has 0 spiro atoms. The normalized spacial score (nSPS) is 14.9. The first-order valence-corrected chi connectivity index (χ1v) is 5.08. The van der Waals surface area contributed by atoms with Crippen LogP contribution in [-0.2, 0) is 16.0 Å². The summed E-state index contributed by atoms with van der Waals surface area (Å²) in [7, 11) is 0. The summed E-state index contributed by atoms with van der Waals surface area (Å²) in [5.41, 5.74) is 1.15. The molecule has 0 bridgehead atoms. The fraction of sp³-hybridized carbons (Fsp3) is 0.182. The molecule has 2 rings (SSSR count). The number of benzene rings is 1. The van der Waals surface area contributed by atoms with Gasteiger partial charge in [0.15, 0.2) is 0 Å². The fourth-order valence-corrected chi connectivity index (χ4v) is 1.80. The minimum atomic E-state index is -0.721. The average Bonchev–Trinajstić information content (AvgIpc) is 2.24. The number of hydrogen-bond acceptors (Lipinski definition) is 3. The largest absolute Gasteiger partial charge is 0.279 e. The molecule has 1 aromatic rings. The van der Waals surface area contributed by atoms with Crippen LogP contribution in [0.4, 0.5) is 0 Å². The van der Waals surface area contributed by atoms with Crippen molar-refractivity contribution in [2.24, 2.45) is 0 Å². The minimum absolute atomic E-state index is 0.131. The van der Waals surface area contributed by atoms with Crippen LogP contribution in [0.1, 0.15) is 15.9 Å². The zero-order valence-electron chi connectivity index (χ0n) is 8.27. The van der Waals surface area contributed by atoms with Crippen molar-refractivity contribution >= 4 is 28.7 Å². The SMILES string of the molecule is O=C(Cl)CN1C(=O)Cc2ccccc2C1=O. The van der Waals surface area contributed by atoms with Crippen LogP contribution in [0.2, 0.25) is 0 Å². The molecule has 0 aromatic heterocycles. The molecule has 5 heteroatoms. The zero-order valence-corrected chi connectivity index (χ0v) is 9.03. The van der Waals surface area contributed by atoms with E-state index in [1.807, 2.05) is 0 Å². The Morgan fingerprint density at radius 3 is 2.69 bits per heavy atom. The van der Waals surface area contributed by atoms with E-state index in [0.29, 0.717) is 11.1 Å². The smallest absolute Gasteiger partial charge is 0.261 e. The lowest BCUT2D eigenvalue weighted by atomic mass is 9.99. The number of fused-ring (bicyclic) bond motifs is 1. The van der Waals surface area contributed by atoms with Crippen LogP contribution in [-0.4, -0.2) is 28.5 Å². The molecule has 1 aromatic carbocycles. The number of imide groups is 1. The van der Waals surface area contributed by atoms with E-state index in [4.69, 9.17) is 11.6 Å². The summed E-state index contributed by atoms with van der Waals surface area (Å²) in [5, 5.41) is -0.721. The summed E-state index contributed by atoms with van der Waals surface area (Å²) in [5.74, 6) is -0.849. The molecule has 4 nitrogen and oxygen atoms in total. The van der Waals surface area contributed by atoms with Gasteiger partial charge in [-0.05, 0) is 23.2 Å². The second-order valence-corrected chi connectivity index (χ2v) is 3.90. The molecular formula is C11H8ClNO3. The summed E-state index contributed by atoms with van der Waals surface area (Å²) in [6, 6.07) is 6.84. The van der Waals surface area contributed by atoms with E-state index in [0.717, 1.165) is 4.90 Å². The molecule has 0 aliphatic carbocycles. The molecule has 0 saturated carbocycles. The number of rotatable bonds is 2. The van der Waals surface area contributed by atoms with Crippen molar-refractivity contribution in [2.45, 2.75) is 6.42 Å². The van der Waals surface area contributed by atoms with E-state index in [1.54, 1.807) is 24.3 Å². The highest BCUT2D eigenvalue weighted by Crippen LogP contribution is 2.19. The molecule has 0 atom stereocenters. The van der Waals surface area contributed by atoms with Gasteiger partial charge in [-0.2, -0.15) is 0 Å². The highest BCUT2D eigenvalue weighted by Gasteiger charge is 2.31. The van der Waals surface area contributed by atoms with Crippen molar-refractivity contribution in [1.82, 2.24) is 4.90 Å². The van der Waals surface area contributed by atoms with Crippen LogP contribution < -0.4 is 0 Å². The Hall–Kier alpha value is -1.68. The molecule has 1 aliphatic rings. The third-order valence-electron chi connectivity index (χ3n) is 2.42. The Morgan fingerprint density at radius 2 is 2.00 bits per heavy atom. The van der Waals surface area contributed by atoms with Gasteiger partial charge in [0.05, 0.1) is 6.42 Å². The Bertz CT molecular complexity index is 484. The van der Waals surface area contributed by atoms with E-state index in [1.165, 1.54) is 0 Å². The van der Waals surface area contributed by atoms with Crippen molar-refractivity contribution in [3.05, 3.63) is 35.4 Å². The minimum Gasteiger partial charge on any atom is -0.279 e. The van der Waals surface area contributed by atoms with Crippen molar-refractivity contribution in [3.8, 4) is 0 Å². The lowest BCUT2D eigenvalue weighted by molar-refractivity contribution is -0.130. The topological polar surface area (TPSA) is 54.5 Å². The van der Waals surface area contributed by atoms with Crippen LogP contribution >= 0.6 is 11.6 Å². The maximum Gasteiger partial charge on any atom is 0.261 e.